The fourth-order valence-electron chi connectivity index (χ4n) is 3.16. The number of amides is 1. The van der Waals surface area contributed by atoms with E-state index in [4.69, 9.17) is 38.4 Å². The van der Waals surface area contributed by atoms with Gasteiger partial charge in [0.05, 0.1) is 32.4 Å². The Hall–Kier alpha value is -2.80. The lowest BCUT2D eigenvalue weighted by molar-refractivity contribution is -0.135. The Labute approximate surface area is 196 Å². The SMILES string of the molecule is COC(=S)NC/C(N)=C/N(N)c1cc(F)c(C2=CCN(C(=O)CCOC(C)O)CC2)c(F)c1. The van der Waals surface area contributed by atoms with Gasteiger partial charge in [-0.2, -0.15) is 0 Å². The summed E-state index contributed by atoms with van der Waals surface area (Å²) in [6.07, 6.45) is 2.40. The van der Waals surface area contributed by atoms with Gasteiger partial charge in [-0.1, -0.05) is 6.08 Å². The Kier molecular flexibility index (Phi) is 9.97. The topological polar surface area (TPSA) is 126 Å². The number of thiocarbonyl (C=S) groups is 1. The Balaban J connectivity index is 2.06. The fraction of sp³-hybridized carbons (Fsp3) is 0.429. The molecule has 1 aliphatic rings. The highest BCUT2D eigenvalue weighted by Gasteiger charge is 2.22. The van der Waals surface area contributed by atoms with Crippen molar-refractivity contribution in [2.75, 3.05) is 38.4 Å². The Morgan fingerprint density at radius 3 is 2.64 bits per heavy atom. The molecule has 2 rings (SSSR count). The molecule has 12 heteroatoms. The van der Waals surface area contributed by atoms with Crippen LogP contribution in [0.25, 0.3) is 5.57 Å². The molecule has 1 amide bonds. The number of methoxy groups -OCH3 is 1. The molecule has 1 aliphatic heterocycles. The van der Waals surface area contributed by atoms with Crippen molar-refractivity contribution in [3.05, 3.63) is 47.3 Å². The maximum absolute atomic E-state index is 14.8. The van der Waals surface area contributed by atoms with Gasteiger partial charge in [-0.25, -0.2) is 14.6 Å². The molecule has 33 heavy (non-hydrogen) atoms. The minimum atomic E-state index is -0.943. The number of carbonyl (C=O) groups is 1. The molecule has 1 aromatic rings. The van der Waals surface area contributed by atoms with E-state index in [-0.39, 0.29) is 54.1 Å². The van der Waals surface area contributed by atoms with Gasteiger partial charge in [-0.15, -0.1) is 0 Å². The summed E-state index contributed by atoms with van der Waals surface area (Å²) in [6, 6.07) is 2.22. The molecule has 9 nitrogen and oxygen atoms in total. The number of benzene rings is 1. The smallest absolute Gasteiger partial charge is 0.256 e. The number of halogens is 2. The van der Waals surface area contributed by atoms with Crippen LogP contribution in [0, 0.1) is 11.6 Å². The largest absolute Gasteiger partial charge is 0.474 e. The molecule has 0 aromatic heterocycles. The van der Waals surface area contributed by atoms with Crippen LogP contribution >= 0.6 is 12.2 Å². The number of aliphatic hydroxyl groups is 1. The second-order valence-electron chi connectivity index (χ2n) is 7.28. The lowest BCUT2D eigenvalue weighted by Crippen LogP contribution is -2.35. The van der Waals surface area contributed by atoms with Crippen molar-refractivity contribution in [3.63, 3.8) is 0 Å². The summed E-state index contributed by atoms with van der Waals surface area (Å²) in [5, 5.41) is 13.0. The molecule has 182 valence electrons. The Morgan fingerprint density at radius 2 is 2.09 bits per heavy atom. The molecule has 0 aliphatic carbocycles. The van der Waals surface area contributed by atoms with Crippen LogP contribution in [-0.4, -0.2) is 60.7 Å². The van der Waals surface area contributed by atoms with Crippen LogP contribution in [0.5, 0.6) is 0 Å². The number of hydrazine groups is 1. The first-order valence-electron chi connectivity index (χ1n) is 10.2. The molecule has 0 fully saturated rings. The number of anilines is 1. The van der Waals surface area contributed by atoms with Crippen molar-refractivity contribution in [3.8, 4) is 0 Å². The number of nitrogens with one attached hydrogen (secondary N) is 1. The van der Waals surface area contributed by atoms with E-state index < -0.39 is 17.9 Å². The summed E-state index contributed by atoms with van der Waals surface area (Å²) in [6.45, 7) is 2.23. The van der Waals surface area contributed by atoms with E-state index in [2.05, 4.69) is 5.32 Å². The normalized spacial score (nSPS) is 15.0. The van der Waals surface area contributed by atoms with Gasteiger partial charge in [0, 0.05) is 30.5 Å². The van der Waals surface area contributed by atoms with Crippen molar-refractivity contribution in [1.29, 1.82) is 0 Å². The Morgan fingerprint density at radius 1 is 1.42 bits per heavy atom. The number of hydrogen-bond donors (Lipinski definition) is 4. The second kappa shape index (κ2) is 12.4. The first kappa shape index (κ1) is 26.5. The number of nitrogens with two attached hydrogens (primary N) is 2. The van der Waals surface area contributed by atoms with E-state index in [0.29, 0.717) is 18.5 Å². The molecule has 0 saturated carbocycles. The van der Waals surface area contributed by atoms with Crippen LogP contribution in [0.3, 0.4) is 0 Å². The number of hydrogen-bond acceptors (Lipinski definition) is 8. The van der Waals surface area contributed by atoms with E-state index in [1.807, 2.05) is 0 Å². The first-order valence-corrected chi connectivity index (χ1v) is 10.6. The van der Waals surface area contributed by atoms with Crippen LogP contribution < -0.4 is 21.9 Å². The standard InChI is InChI=1S/C21H29F2N5O4S/c1-13(29)32-8-5-19(30)27-6-3-14(4-7-27)20-17(22)9-16(10-18(20)23)28(25)12-15(24)11-26-21(33)31-2/h3,9-10,12-13,29H,4-8,11,24-25H2,1-2H3,(H,26,33)/b15-12-. The van der Waals surface area contributed by atoms with Gasteiger partial charge < -0.3 is 30.5 Å². The molecule has 1 heterocycles. The first-order chi connectivity index (χ1) is 15.6. The van der Waals surface area contributed by atoms with E-state index in [1.165, 1.54) is 20.2 Å². The average molecular weight is 486 g/mol. The van der Waals surface area contributed by atoms with Gasteiger partial charge in [0.15, 0.2) is 6.29 Å². The number of rotatable bonds is 9. The van der Waals surface area contributed by atoms with Gasteiger partial charge in [0.2, 0.25) is 5.91 Å². The van der Waals surface area contributed by atoms with Crippen molar-refractivity contribution in [2.45, 2.75) is 26.1 Å². The van der Waals surface area contributed by atoms with E-state index in [0.717, 1.165) is 17.1 Å². The molecule has 6 N–H and O–H groups in total. The lowest BCUT2D eigenvalue weighted by atomic mass is 9.97. The van der Waals surface area contributed by atoms with Crippen molar-refractivity contribution in [1.82, 2.24) is 10.2 Å². The summed E-state index contributed by atoms with van der Waals surface area (Å²) in [7, 11) is 1.41. The monoisotopic (exact) mass is 485 g/mol. The van der Waals surface area contributed by atoms with Crippen molar-refractivity contribution < 1.29 is 28.2 Å². The second-order valence-corrected chi connectivity index (χ2v) is 7.65. The lowest BCUT2D eigenvalue weighted by Gasteiger charge is -2.27. The maximum atomic E-state index is 14.8. The van der Waals surface area contributed by atoms with Crippen LogP contribution in [0.2, 0.25) is 0 Å². The van der Waals surface area contributed by atoms with Gasteiger partial charge in [-0.05, 0) is 43.3 Å². The number of nitrogens with zero attached hydrogens (tertiary/aromatic N) is 2. The maximum Gasteiger partial charge on any atom is 0.256 e. The zero-order valence-electron chi connectivity index (χ0n) is 18.5. The van der Waals surface area contributed by atoms with E-state index >= 15 is 0 Å². The van der Waals surface area contributed by atoms with Gasteiger partial charge in [0.1, 0.15) is 11.6 Å². The predicted octanol–water partition coefficient (Wildman–Crippen LogP) is 1.33. The minimum Gasteiger partial charge on any atom is -0.474 e. The Bertz CT molecular complexity index is 903. The summed E-state index contributed by atoms with van der Waals surface area (Å²) in [4.78, 5) is 13.8. The highest BCUT2D eigenvalue weighted by Crippen LogP contribution is 2.30. The molecular weight excluding hydrogens is 456 g/mol. The molecule has 1 aromatic carbocycles. The minimum absolute atomic E-state index is 0.0670. The third-order valence-corrected chi connectivity index (χ3v) is 5.12. The highest BCUT2D eigenvalue weighted by atomic mass is 32.1. The number of aliphatic hydroxyl groups excluding tert-OH is 1. The van der Waals surface area contributed by atoms with Crippen LogP contribution in [-0.2, 0) is 14.3 Å². The predicted molar refractivity (Wildman–Crippen MR) is 124 cm³/mol. The molecular formula is C21H29F2N5O4S. The van der Waals surface area contributed by atoms with Gasteiger partial charge in [0.25, 0.3) is 5.17 Å². The molecule has 0 bridgehead atoms. The van der Waals surface area contributed by atoms with Crippen LogP contribution in [0.4, 0.5) is 14.5 Å². The summed E-state index contributed by atoms with van der Waals surface area (Å²) in [5.41, 5.74) is 6.48. The van der Waals surface area contributed by atoms with E-state index in [9.17, 15) is 13.6 Å². The van der Waals surface area contributed by atoms with Crippen LogP contribution in [0.15, 0.2) is 30.1 Å². The van der Waals surface area contributed by atoms with Crippen LogP contribution in [0.1, 0.15) is 25.3 Å². The van der Waals surface area contributed by atoms with Crippen molar-refractivity contribution >= 4 is 34.6 Å². The zero-order valence-corrected chi connectivity index (χ0v) is 19.3. The van der Waals surface area contributed by atoms with Gasteiger partial charge >= 0.3 is 0 Å². The summed E-state index contributed by atoms with van der Waals surface area (Å²) < 4.78 is 39.4. The summed E-state index contributed by atoms with van der Waals surface area (Å²) in [5.74, 6) is 4.17. The fourth-order valence-corrected chi connectivity index (χ4v) is 3.23. The van der Waals surface area contributed by atoms with Crippen molar-refractivity contribution in [2.24, 2.45) is 11.6 Å². The molecule has 0 saturated heterocycles. The third kappa shape index (κ3) is 7.93. The zero-order chi connectivity index (χ0) is 24.5. The van der Waals surface area contributed by atoms with E-state index in [1.54, 1.807) is 11.0 Å². The number of ether oxygens (including phenoxy) is 2. The average Bonchev–Trinajstić information content (AvgIpc) is 2.77. The molecule has 1 atom stereocenters. The number of carbonyl (C=O) groups excluding carboxylic acids is 1. The molecule has 1 unspecified atom stereocenters. The van der Waals surface area contributed by atoms with Gasteiger partial charge in [-0.3, -0.25) is 9.80 Å². The quantitative estimate of drug-likeness (QED) is 0.177. The molecule has 0 spiro atoms. The summed E-state index contributed by atoms with van der Waals surface area (Å²) >= 11 is 4.84. The third-order valence-electron chi connectivity index (χ3n) is 4.81. The molecule has 0 radical (unpaired) electrons. The highest BCUT2D eigenvalue weighted by molar-refractivity contribution is 7.80.